The first-order valence-corrected chi connectivity index (χ1v) is 7.44. The van der Waals surface area contributed by atoms with E-state index in [0.29, 0.717) is 28.5 Å². The quantitative estimate of drug-likeness (QED) is 0.863. The highest BCUT2D eigenvalue weighted by Crippen LogP contribution is 2.51. The van der Waals surface area contributed by atoms with E-state index < -0.39 is 0 Å². The molecule has 0 aliphatic heterocycles. The van der Waals surface area contributed by atoms with Gasteiger partial charge in [0.2, 0.25) is 0 Å². The molecule has 20 heavy (non-hydrogen) atoms. The lowest BCUT2D eigenvalue weighted by molar-refractivity contribution is 0.304. The van der Waals surface area contributed by atoms with E-state index in [1.165, 1.54) is 25.7 Å². The number of aromatic nitrogens is 4. The molecule has 104 valence electrons. The normalized spacial score (nSPS) is 28.1. The second-order valence-corrected chi connectivity index (χ2v) is 6.30. The first kappa shape index (κ1) is 12.1. The summed E-state index contributed by atoms with van der Waals surface area (Å²) in [5.74, 6) is 2.24. The fourth-order valence-electron chi connectivity index (χ4n) is 3.87. The van der Waals surface area contributed by atoms with E-state index >= 15 is 0 Å². The zero-order valence-electron chi connectivity index (χ0n) is 11.0. The molecule has 2 bridgehead atoms. The maximum atomic E-state index is 6.29. The van der Waals surface area contributed by atoms with Gasteiger partial charge >= 0.3 is 0 Å². The van der Waals surface area contributed by atoms with Crippen LogP contribution in [0.15, 0.2) is 18.2 Å². The van der Waals surface area contributed by atoms with E-state index in [1.807, 2.05) is 22.9 Å². The number of halogens is 1. The first-order chi connectivity index (χ1) is 9.74. The molecule has 2 saturated carbocycles. The van der Waals surface area contributed by atoms with Crippen LogP contribution in [0.4, 0.5) is 5.69 Å². The molecule has 6 heteroatoms. The Balaban J connectivity index is 1.79. The highest BCUT2D eigenvalue weighted by molar-refractivity contribution is 6.33. The van der Waals surface area contributed by atoms with Crippen LogP contribution in [0.5, 0.6) is 0 Å². The minimum Gasteiger partial charge on any atom is -0.398 e. The Morgan fingerprint density at radius 3 is 2.85 bits per heavy atom. The Hall–Kier alpha value is -1.62. The molecule has 3 atom stereocenters. The zero-order chi connectivity index (χ0) is 13.7. The van der Waals surface area contributed by atoms with Crippen LogP contribution in [0, 0.1) is 11.8 Å². The summed E-state index contributed by atoms with van der Waals surface area (Å²) in [6.45, 7) is 0. The zero-order valence-corrected chi connectivity index (χ0v) is 11.8. The highest BCUT2D eigenvalue weighted by atomic mass is 35.5. The molecular formula is C14H16ClN5. The number of nitrogen functional groups attached to an aromatic ring is 1. The lowest BCUT2D eigenvalue weighted by Gasteiger charge is -2.22. The topological polar surface area (TPSA) is 69.6 Å². The lowest BCUT2D eigenvalue weighted by Crippen LogP contribution is -2.18. The Kier molecular flexibility index (Phi) is 2.70. The maximum absolute atomic E-state index is 6.29. The molecule has 1 heterocycles. The molecule has 4 rings (SSSR count). The van der Waals surface area contributed by atoms with Crippen LogP contribution < -0.4 is 5.73 Å². The molecular weight excluding hydrogens is 274 g/mol. The van der Waals surface area contributed by atoms with E-state index in [2.05, 4.69) is 15.5 Å². The smallest absolute Gasteiger partial charge is 0.185 e. The largest absolute Gasteiger partial charge is 0.398 e. The van der Waals surface area contributed by atoms with Crippen molar-refractivity contribution in [3.8, 4) is 11.4 Å². The van der Waals surface area contributed by atoms with Crippen LogP contribution in [0.25, 0.3) is 11.4 Å². The van der Waals surface area contributed by atoms with Crippen LogP contribution in [-0.2, 0) is 0 Å². The SMILES string of the molecule is Nc1cccc(Cl)c1-c1nnnn1C1CC2CCC1C2. The van der Waals surface area contributed by atoms with Crippen molar-refractivity contribution in [3.63, 3.8) is 0 Å². The maximum Gasteiger partial charge on any atom is 0.185 e. The standard InChI is InChI=1S/C14H16ClN5/c15-10-2-1-3-11(16)13(10)14-17-18-19-20(14)12-7-8-4-5-9(12)6-8/h1-3,8-9,12H,4-7,16H2. The fraction of sp³-hybridized carbons (Fsp3) is 0.500. The van der Waals surface area contributed by atoms with Gasteiger partial charge in [-0.3, -0.25) is 0 Å². The van der Waals surface area contributed by atoms with Crippen LogP contribution in [0.1, 0.15) is 31.7 Å². The van der Waals surface area contributed by atoms with Crippen molar-refractivity contribution in [2.75, 3.05) is 5.73 Å². The van der Waals surface area contributed by atoms with Crippen LogP contribution in [-0.4, -0.2) is 20.2 Å². The monoisotopic (exact) mass is 289 g/mol. The van der Waals surface area contributed by atoms with Gasteiger partial charge in [-0.1, -0.05) is 24.1 Å². The number of rotatable bonds is 2. The number of nitrogens with two attached hydrogens (primary N) is 1. The van der Waals surface area contributed by atoms with E-state index in [-0.39, 0.29) is 0 Å². The first-order valence-electron chi connectivity index (χ1n) is 7.06. The van der Waals surface area contributed by atoms with Gasteiger partial charge < -0.3 is 5.73 Å². The Morgan fingerprint density at radius 2 is 2.15 bits per heavy atom. The van der Waals surface area contributed by atoms with Gasteiger partial charge in [-0.2, -0.15) is 0 Å². The summed E-state index contributed by atoms with van der Waals surface area (Å²) in [5.41, 5.74) is 7.44. The summed E-state index contributed by atoms with van der Waals surface area (Å²) in [6.07, 6.45) is 5.12. The number of hydrogen-bond donors (Lipinski definition) is 1. The molecule has 0 amide bonds. The Morgan fingerprint density at radius 1 is 1.25 bits per heavy atom. The molecule has 2 aliphatic rings. The van der Waals surface area contributed by atoms with E-state index in [4.69, 9.17) is 17.3 Å². The van der Waals surface area contributed by atoms with Crippen molar-refractivity contribution < 1.29 is 0 Å². The number of nitrogens with zero attached hydrogens (tertiary/aromatic N) is 4. The molecule has 2 N–H and O–H groups in total. The number of tetrazole rings is 1. The van der Waals surface area contributed by atoms with Crippen molar-refractivity contribution in [2.45, 2.75) is 31.7 Å². The number of anilines is 1. The molecule has 2 aromatic rings. The molecule has 2 aliphatic carbocycles. The average Bonchev–Trinajstić information content (AvgIpc) is 3.14. The highest BCUT2D eigenvalue weighted by Gasteiger charge is 2.42. The average molecular weight is 290 g/mol. The van der Waals surface area contributed by atoms with E-state index in [9.17, 15) is 0 Å². The Bertz CT molecular complexity index is 633. The Labute approximate surface area is 122 Å². The molecule has 0 spiro atoms. The van der Waals surface area contributed by atoms with E-state index in [0.717, 1.165) is 11.5 Å². The second-order valence-electron chi connectivity index (χ2n) is 5.89. The van der Waals surface area contributed by atoms with Gasteiger partial charge in [0.05, 0.1) is 16.6 Å². The molecule has 0 radical (unpaired) electrons. The van der Waals surface area contributed by atoms with Gasteiger partial charge in [-0.25, -0.2) is 4.68 Å². The molecule has 3 unspecified atom stereocenters. The third-order valence-corrected chi connectivity index (χ3v) is 5.09. The summed E-state index contributed by atoms with van der Waals surface area (Å²) in [4.78, 5) is 0. The minimum atomic E-state index is 0.398. The third-order valence-electron chi connectivity index (χ3n) is 4.78. The van der Waals surface area contributed by atoms with Crippen molar-refractivity contribution in [1.82, 2.24) is 20.2 Å². The van der Waals surface area contributed by atoms with Gasteiger partial charge in [-0.15, -0.1) is 5.10 Å². The minimum absolute atomic E-state index is 0.398. The molecule has 1 aromatic heterocycles. The van der Waals surface area contributed by atoms with Crippen molar-refractivity contribution in [3.05, 3.63) is 23.2 Å². The number of hydrogen-bond acceptors (Lipinski definition) is 4. The van der Waals surface area contributed by atoms with Gasteiger partial charge in [0.15, 0.2) is 5.82 Å². The summed E-state index contributed by atoms with van der Waals surface area (Å²) < 4.78 is 1.95. The lowest BCUT2D eigenvalue weighted by atomic mass is 9.95. The predicted molar refractivity (Wildman–Crippen MR) is 77.2 cm³/mol. The third kappa shape index (κ3) is 1.73. The molecule has 5 nitrogen and oxygen atoms in total. The van der Waals surface area contributed by atoms with Crippen LogP contribution >= 0.6 is 11.6 Å². The summed E-state index contributed by atoms with van der Waals surface area (Å²) in [7, 11) is 0. The molecule has 0 saturated heterocycles. The van der Waals surface area contributed by atoms with Gasteiger partial charge in [0.25, 0.3) is 0 Å². The van der Waals surface area contributed by atoms with Crippen molar-refractivity contribution in [1.29, 1.82) is 0 Å². The van der Waals surface area contributed by atoms with Gasteiger partial charge in [0, 0.05) is 5.69 Å². The number of fused-ring (bicyclic) bond motifs is 2. The summed E-state index contributed by atoms with van der Waals surface area (Å²) in [5, 5.41) is 12.8. The van der Waals surface area contributed by atoms with Crippen molar-refractivity contribution in [2.24, 2.45) is 11.8 Å². The van der Waals surface area contributed by atoms with Gasteiger partial charge in [0.1, 0.15) is 0 Å². The molecule has 1 aromatic carbocycles. The van der Waals surface area contributed by atoms with Crippen LogP contribution in [0.2, 0.25) is 5.02 Å². The fourth-order valence-corrected chi connectivity index (χ4v) is 4.14. The van der Waals surface area contributed by atoms with E-state index in [1.54, 1.807) is 0 Å². The summed E-state index contributed by atoms with van der Waals surface area (Å²) in [6, 6.07) is 5.90. The van der Waals surface area contributed by atoms with Crippen molar-refractivity contribution >= 4 is 17.3 Å². The predicted octanol–water partition coefficient (Wildman–Crippen LogP) is 2.94. The summed E-state index contributed by atoms with van der Waals surface area (Å²) >= 11 is 6.29. The molecule has 2 fully saturated rings. The number of benzene rings is 1. The van der Waals surface area contributed by atoms with Gasteiger partial charge in [-0.05, 0) is 53.7 Å². The second kappa shape index (κ2) is 4.45. The van der Waals surface area contributed by atoms with Crippen LogP contribution in [0.3, 0.4) is 0 Å².